The van der Waals surface area contributed by atoms with E-state index >= 15 is 0 Å². The number of anilines is 2. The van der Waals surface area contributed by atoms with E-state index in [9.17, 15) is 4.79 Å². The summed E-state index contributed by atoms with van der Waals surface area (Å²) in [6, 6.07) is 19.2. The second kappa shape index (κ2) is 8.57. The lowest BCUT2D eigenvalue weighted by Crippen LogP contribution is -2.16. The summed E-state index contributed by atoms with van der Waals surface area (Å²) in [6.07, 6.45) is 8.19. The first kappa shape index (κ1) is 18.0. The van der Waals surface area contributed by atoms with E-state index in [-0.39, 0.29) is 5.91 Å². The fourth-order valence-corrected chi connectivity index (χ4v) is 3.42. The highest BCUT2D eigenvalue weighted by Crippen LogP contribution is 2.29. The lowest BCUT2D eigenvalue weighted by molar-refractivity contribution is 0.102. The van der Waals surface area contributed by atoms with Crippen LogP contribution in [0.5, 0.6) is 11.5 Å². The molecular formula is C23H23N3O2. The monoisotopic (exact) mass is 373 g/mol. The second-order valence-electron chi connectivity index (χ2n) is 6.95. The molecule has 5 nitrogen and oxygen atoms in total. The first-order valence-electron chi connectivity index (χ1n) is 9.63. The van der Waals surface area contributed by atoms with Crippen LogP contribution in [0, 0.1) is 0 Å². The van der Waals surface area contributed by atoms with Gasteiger partial charge in [0.15, 0.2) is 5.75 Å². The van der Waals surface area contributed by atoms with Gasteiger partial charge in [-0.2, -0.15) is 0 Å². The van der Waals surface area contributed by atoms with Gasteiger partial charge >= 0.3 is 0 Å². The number of carbonyl (C=O) groups excluding carboxylic acids is 1. The Morgan fingerprint density at radius 1 is 0.964 bits per heavy atom. The molecule has 142 valence electrons. The van der Waals surface area contributed by atoms with Gasteiger partial charge in [-0.3, -0.25) is 9.78 Å². The first-order valence-corrected chi connectivity index (χ1v) is 9.63. The average Bonchev–Trinajstić information content (AvgIpc) is 3.23. The molecule has 1 aliphatic rings. The highest BCUT2D eigenvalue weighted by atomic mass is 16.5. The molecule has 2 N–H and O–H groups in total. The fraction of sp³-hybridized carbons (Fsp3) is 0.217. The van der Waals surface area contributed by atoms with Crippen LogP contribution in [0.25, 0.3) is 0 Å². The molecule has 1 saturated carbocycles. The summed E-state index contributed by atoms with van der Waals surface area (Å²) >= 11 is 0. The lowest BCUT2D eigenvalue weighted by Gasteiger charge is -2.14. The predicted molar refractivity (Wildman–Crippen MR) is 111 cm³/mol. The Kier molecular flexibility index (Phi) is 5.52. The number of nitrogens with zero attached hydrogens (tertiary/aromatic N) is 1. The summed E-state index contributed by atoms with van der Waals surface area (Å²) in [4.78, 5) is 17.0. The van der Waals surface area contributed by atoms with Gasteiger partial charge in [0.2, 0.25) is 0 Å². The van der Waals surface area contributed by atoms with Crippen molar-refractivity contribution in [2.24, 2.45) is 0 Å². The molecule has 3 aromatic rings. The molecular weight excluding hydrogens is 350 g/mol. The van der Waals surface area contributed by atoms with E-state index in [0.717, 1.165) is 5.69 Å². The van der Waals surface area contributed by atoms with Gasteiger partial charge in [0.25, 0.3) is 5.91 Å². The van der Waals surface area contributed by atoms with Crippen LogP contribution in [0.15, 0.2) is 73.1 Å². The topological polar surface area (TPSA) is 63.2 Å². The molecule has 0 spiro atoms. The number of hydrogen-bond acceptors (Lipinski definition) is 4. The highest BCUT2D eigenvalue weighted by molar-refractivity contribution is 6.05. The number of hydrogen-bond donors (Lipinski definition) is 2. The largest absolute Gasteiger partial charge is 0.455 e. The van der Waals surface area contributed by atoms with Gasteiger partial charge in [-0.1, -0.05) is 43.2 Å². The summed E-state index contributed by atoms with van der Waals surface area (Å²) in [7, 11) is 0. The smallest absolute Gasteiger partial charge is 0.257 e. The molecule has 1 heterocycles. The van der Waals surface area contributed by atoms with Crippen LogP contribution in [-0.4, -0.2) is 16.9 Å². The number of ether oxygens (including phenoxy) is 1. The van der Waals surface area contributed by atoms with Gasteiger partial charge < -0.3 is 15.4 Å². The summed E-state index contributed by atoms with van der Waals surface area (Å²) in [5, 5.41) is 6.41. The SMILES string of the molecule is O=C(Nc1ccccc1Oc1ccccc1)c1cncc(NC2CCCC2)c1. The van der Waals surface area contributed by atoms with Gasteiger partial charge in [-0.15, -0.1) is 0 Å². The molecule has 1 fully saturated rings. The predicted octanol–water partition coefficient (Wildman–Crippen LogP) is 5.48. The summed E-state index contributed by atoms with van der Waals surface area (Å²) in [5.74, 6) is 1.09. The maximum absolute atomic E-state index is 12.8. The van der Waals surface area contributed by atoms with Crippen molar-refractivity contribution in [3.05, 3.63) is 78.6 Å². The Balaban J connectivity index is 1.48. The van der Waals surface area contributed by atoms with Crippen LogP contribution in [0.1, 0.15) is 36.0 Å². The molecule has 0 atom stereocenters. The number of para-hydroxylation sites is 3. The zero-order valence-corrected chi connectivity index (χ0v) is 15.6. The maximum atomic E-state index is 12.8. The van der Waals surface area contributed by atoms with E-state index in [2.05, 4.69) is 15.6 Å². The van der Waals surface area contributed by atoms with Crippen LogP contribution >= 0.6 is 0 Å². The van der Waals surface area contributed by atoms with E-state index in [4.69, 9.17) is 4.74 Å². The van der Waals surface area contributed by atoms with E-state index < -0.39 is 0 Å². The Hall–Kier alpha value is -3.34. The third-order valence-electron chi connectivity index (χ3n) is 4.83. The van der Waals surface area contributed by atoms with Gasteiger partial charge in [0, 0.05) is 18.4 Å². The highest BCUT2D eigenvalue weighted by Gasteiger charge is 2.16. The van der Waals surface area contributed by atoms with Crippen LogP contribution in [0.4, 0.5) is 11.4 Å². The minimum absolute atomic E-state index is 0.216. The van der Waals surface area contributed by atoms with Gasteiger partial charge in [0.1, 0.15) is 5.75 Å². The third kappa shape index (κ3) is 4.49. The molecule has 0 saturated heterocycles. The molecule has 5 heteroatoms. The molecule has 28 heavy (non-hydrogen) atoms. The normalized spacial score (nSPS) is 13.9. The lowest BCUT2D eigenvalue weighted by atomic mass is 10.2. The quantitative estimate of drug-likeness (QED) is 0.600. The second-order valence-corrected chi connectivity index (χ2v) is 6.95. The Morgan fingerprint density at radius 3 is 2.54 bits per heavy atom. The number of aromatic nitrogens is 1. The molecule has 0 radical (unpaired) electrons. The van der Waals surface area contributed by atoms with Crippen LogP contribution < -0.4 is 15.4 Å². The van der Waals surface area contributed by atoms with Crippen molar-refractivity contribution in [3.8, 4) is 11.5 Å². The molecule has 1 amide bonds. The summed E-state index contributed by atoms with van der Waals surface area (Å²) in [5.41, 5.74) is 2.01. The minimum Gasteiger partial charge on any atom is -0.455 e. The number of pyridine rings is 1. The van der Waals surface area contributed by atoms with Crippen molar-refractivity contribution < 1.29 is 9.53 Å². The molecule has 1 aromatic heterocycles. The summed E-state index contributed by atoms with van der Waals surface area (Å²) in [6.45, 7) is 0. The molecule has 0 unspecified atom stereocenters. The van der Waals surface area contributed by atoms with Crippen LogP contribution in [-0.2, 0) is 0 Å². The molecule has 0 bridgehead atoms. The zero-order chi connectivity index (χ0) is 19.2. The van der Waals surface area contributed by atoms with Crippen molar-refractivity contribution >= 4 is 17.3 Å². The van der Waals surface area contributed by atoms with E-state index in [0.29, 0.717) is 28.8 Å². The number of rotatable bonds is 6. The number of carbonyl (C=O) groups is 1. The van der Waals surface area contributed by atoms with Gasteiger partial charge in [-0.05, 0) is 43.2 Å². The van der Waals surface area contributed by atoms with Crippen molar-refractivity contribution in [3.63, 3.8) is 0 Å². The summed E-state index contributed by atoms with van der Waals surface area (Å²) < 4.78 is 5.92. The number of amides is 1. The minimum atomic E-state index is -0.216. The van der Waals surface area contributed by atoms with Gasteiger partial charge in [-0.25, -0.2) is 0 Å². The fourth-order valence-electron chi connectivity index (χ4n) is 3.42. The van der Waals surface area contributed by atoms with E-state index in [1.54, 1.807) is 12.4 Å². The molecule has 0 aliphatic heterocycles. The zero-order valence-electron chi connectivity index (χ0n) is 15.6. The van der Waals surface area contributed by atoms with E-state index in [1.165, 1.54) is 25.7 Å². The van der Waals surface area contributed by atoms with Crippen molar-refractivity contribution in [1.29, 1.82) is 0 Å². The first-order chi connectivity index (χ1) is 13.8. The maximum Gasteiger partial charge on any atom is 0.257 e. The van der Waals surface area contributed by atoms with Crippen molar-refractivity contribution in [1.82, 2.24) is 4.98 Å². The van der Waals surface area contributed by atoms with Crippen LogP contribution in [0.2, 0.25) is 0 Å². The van der Waals surface area contributed by atoms with Crippen LogP contribution in [0.3, 0.4) is 0 Å². The van der Waals surface area contributed by atoms with Gasteiger partial charge in [0.05, 0.1) is 16.9 Å². The molecule has 1 aliphatic carbocycles. The number of nitrogens with one attached hydrogen (secondary N) is 2. The van der Waals surface area contributed by atoms with E-state index in [1.807, 2.05) is 60.7 Å². The van der Waals surface area contributed by atoms with Crippen molar-refractivity contribution in [2.45, 2.75) is 31.7 Å². The Labute approximate surface area is 164 Å². The standard InChI is InChI=1S/C23H23N3O2/c27-23(17-14-19(16-24-15-17)25-18-8-4-5-9-18)26-21-12-6-7-13-22(21)28-20-10-2-1-3-11-20/h1-3,6-7,10-16,18,25H,4-5,8-9H2,(H,26,27). The Morgan fingerprint density at radius 2 is 1.71 bits per heavy atom. The molecule has 2 aromatic carbocycles. The third-order valence-corrected chi connectivity index (χ3v) is 4.83. The Bertz CT molecular complexity index is 937. The average molecular weight is 373 g/mol. The molecule has 4 rings (SSSR count). The number of benzene rings is 2. The van der Waals surface area contributed by atoms with Crippen molar-refractivity contribution in [2.75, 3.05) is 10.6 Å².